The van der Waals surface area contributed by atoms with Crippen molar-refractivity contribution in [1.29, 1.82) is 0 Å². The smallest absolute Gasteiger partial charge is 0.247 e. The van der Waals surface area contributed by atoms with E-state index in [0.717, 1.165) is 24.0 Å². The van der Waals surface area contributed by atoms with Crippen LogP contribution in [0, 0.1) is 6.92 Å². The van der Waals surface area contributed by atoms with Crippen LogP contribution in [0.3, 0.4) is 0 Å². The molecule has 0 spiro atoms. The Hall–Kier alpha value is -2.75. The van der Waals surface area contributed by atoms with E-state index in [1.165, 1.54) is 11.1 Å². The van der Waals surface area contributed by atoms with Gasteiger partial charge in [0.2, 0.25) is 17.7 Å². The van der Waals surface area contributed by atoms with Gasteiger partial charge in [0, 0.05) is 25.2 Å². The molecule has 0 bridgehead atoms. The van der Waals surface area contributed by atoms with Crippen LogP contribution < -0.4 is 19.7 Å². The molecule has 2 fully saturated rings. The van der Waals surface area contributed by atoms with Crippen molar-refractivity contribution in [3.63, 3.8) is 0 Å². The second kappa shape index (κ2) is 13.0. The van der Waals surface area contributed by atoms with Crippen molar-refractivity contribution in [2.75, 3.05) is 31.2 Å². The number of benzene rings is 2. The highest BCUT2D eigenvalue weighted by Gasteiger charge is 2.41. The number of amides is 2. The van der Waals surface area contributed by atoms with E-state index in [2.05, 4.69) is 10.3 Å². The minimum atomic E-state index is -0.735. The van der Waals surface area contributed by atoms with E-state index in [-0.39, 0.29) is 37.6 Å². The molecule has 2 aliphatic rings. The lowest BCUT2D eigenvalue weighted by Crippen LogP contribution is -2.61. The van der Waals surface area contributed by atoms with E-state index in [0.29, 0.717) is 50.5 Å². The summed E-state index contributed by atoms with van der Waals surface area (Å²) in [5.74, 6) is 0.368. The molecule has 1 aliphatic carbocycles. The molecule has 2 aromatic carbocycles. The van der Waals surface area contributed by atoms with E-state index in [1.54, 1.807) is 35.2 Å². The van der Waals surface area contributed by atoms with E-state index in [1.807, 2.05) is 19.1 Å². The summed E-state index contributed by atoms with van der Waals surface area (Å²) in [5, 5.41) is 4.79. The Kier molecular flexibility index (Phi) is 9.46. The zero-order valence-electron chi connectivity index (χ0n) is 22.2. The highest BCUT2D eigenvalue weighted by Crippen LogP contribution is 2.35. The molecule has 1 saturated carbocycles. The fourth-order valence-corrected chi connectivity index (χ4v) is 5.81. The standard InChI is InChI=1S/C29H28Cl4N4O4/c1-17-11-22(31)28(23(32)12-17)41-10-9-40-25-8-7-20(13-35-25)37-24(14-34-15-26(37)38)29(39)36(19-5-6-19)16-18-3-2-4-21(30)27(18)33/h2-4,7-8,11-13,19,24,34H,5-6,9-10,14-16H2,1H3/t24-/m1/s1. The maximum atomic E-state index is 13.9. The molecule has 1 aliphatic heterocycles. The van der Waals surface area contributed by atoms with Crippen molar-refractivity contribution in [1.82, 2.24) is 15.2 Å². The molecule has 2 heterocycles. The number of aromatic nitrogens is 1. The largest absolute Gasteiger partial charge is 0.487 e. The van der Waals surface area contributed by atoms with Crippen molar-refractivity contribution in [3.05, 3.63) is 79.9 Å². The van der Waals surface area contributed by atoms with Crippen LogP contribution in [-0.4, -0.2) is 60.1 Å². The number of nitrogens with zero attached hydrogens (tertiary/aromatic N) is 3. The molecule has 8 nitrogen and oxygen atoms in total. The van der Waals surface area contributed by atoms with Gasteiger partial charge >= 0.3 is 0 Å². The number of ether oxygens (including phenoxy) is 2. The number of rotatable bonds is 10. The number of halogens is 4. The van der Waals surface area contributed by atoms with Crippen molar-refractivity contribution in [2.24, 2.45) is 0 Å². The molecule has 2 amide bonds. The van der Waals surface area contributed by atoms with Gasteiger partial charge in [-0.2, -0.15) is 0 Å². The van der Waals surface area contributed by atoms with Gasteiger partial charge in [0.15, 0.2) is 5.75 Å². The Morgan fingerprint density at radius 1 is 1.05 bits per heavy atom. The lowest BCUT2D eigenvalue weighted by Gasteiger charge is -2.38. The lowest BCUT2D eigenvalue weighted by molar-refractivity contribution is -0.136. The molecular formula is C29H28Cl4N4O4. The van der Waals surface area contributed by atoms with E-state index in [9.17, 15) is 9.59 Å². The predicted octanol–water partition coefficient (Wildman–Crippen LogP) is 5.96. The van der Waals surface area contributed by atoms with E-state index >= 15 is 0 Å². The maximum absolute atomic E-state index is 13.9. The average molecular weight is 638 g/mol. The second-order valence-corrected chi connectivity index (χ2v) is 11.5. The Morgan fingerprint density at radius 2 is 1.78 bits per heavy atom. The Balaban J connectivity index is 1.25. The predicted molar refractivity (Wildman–Crippen MR) is 161 cm³/mol. The quantitative estimate of drug-likeness (QED) is 0.276. The van der Waals surface area contributed by atoms with Gasteiger partial charge in [0.25, 0.3) is 0 Å². The normalized spacial score (nSPS) is 17.0. The van der Waals surface area contributed by atoms with Crippen LogP contribution in [0.2, 0.25) is 20.1 Å². The average Bonchev–Trinajstić information content (AvgIpc) is 3.78. The third-order valence-electron chi connectivity index (χ3n) is 6.84. The van der Waals surface area contributed by atoms with Crippen LogP contribution in [0.4, 0.5) is 5.69 Å². The molecule has 12 heteroatoms. The number of piperazine rings is 1. The summed E-state index contributed by atoms with van der Waals surface area (Å²) in [6.07, 6.45) is 3.33. The summed E-state index contributed by atoms with van der Waals surface area (Å²) >= 11 is 25.1. The van der Waals surface area contributed by atoms with Crippen molar-refractivity contribution < 1.29 is 19.1 Å². The minimum absolute atomic E-state index is 0.0946. The van der Waals surface area contributed by atoms with Gasteiger partial charge in [-0.3, -0.25) is 14.5 Å². The van der Waals surface area contributed by atoms with Gasteiger partial charge in [-0.25, -0.2) is 4.98 Å². The summed E-state index contributed by atoms with van der Waals surface area (Å²) in [6, 6.07) is 11.7. The maximum Gasteiger partial charge on any atom is 0.247 e. The monoisotopic (exact) mass is 636 g/mol. The third kappa shape index (κ3) is 7.01. The summed E-state index contributed by atoms with van der Waals surface area (Å²) in [7, 11) is 0. The van der Waals surface area contributed by atoms with Gasteiger partial charge < -0.3 is 19.7 Å². The molecule has 3 aromatic rings. The van der Waals surface area contributed by atoms with E-state index < -0.39 is 6.04 Å². The highest BCUT2D eigenvalue weighted by atomic mass is 35.5. The number of anilines is 1. The molecule has 41 heavy (non-hydrogen) atoms. The summed E-state index contributed by atoms with van der Waals surface area (Å²) in [4.78, 5) is 34.6. The van der Waals surface area contributed by atoms with Crippen LogP contribution in [0.1, 0.15) is 24.0 Å². The van der Waals surface area contributed by atoms with Gasteiger partial charge in [-0.1, -0.05) is 58.5 Å². The van der Waals surface area contributed by atoms with Crippen LogP contribution in [0.25, 0.3) is 0 Å². The van der Waals surface area contributed by atoms with Gasteiger partial charge in [-0.05, 0) is 55.2 Å². The van der Waals surface area contributed by atoms with Crippen molar-refractivity contribution >= 4 is 63.9 Å². The van der Waals surface area contributed by atoms with Crippen molar-refractivity contribution in [3.8, 4) is 11.6 Å². The SMILES string of the molecule is Cc1cc(Cl)c(OCCOc2ccc(N3C(=O)CNC[C@@H]3C(=O)N(Cc3cccc(Cl)c3Cl)C3CC3)cn2)c(Cl)c1. The first-order valence-corrected chi connectivity index (χ1v) is 14.7. The summed E-state index contributed by atoms with van der Waals surface area (Å²) in [6.45, 7) is 3.04. The Bertz CT molecular complexity index is 1410. The topological polar surface area (TPSA) is 84.0 Å². The lowest BCUT2D eigenvalue weighted by atomic mass is 10.1. The number of nitrogens with one attached hydrogen (secondary N) is 1. The first kappa shape index (κ1) is 29.7. The molecular weight excluding hydrogens is 610 g/mol. The van der Waals surface area contributed by atoms with Crippen LogP contribution in [0.5, 0.6) is 11.6 Å². The number of pyridine rings is 1. The Morgan fingerprint density at radius 3 is 2.46 bits per heavy atom. The molecule has 1 N–H and O–H groups in total. The fraction of sp³-hybridized carbons (Fsp3) is 0.345. The third-order valence-corrected chi connectivity index (χ3v) is 8.26. The fourth-order valence-electron chi connectivity index (χ4n) is 4.72. The highest BCUT2D eigenvalue weighted by molar-refractivity contribution is 6.42. The molecule has 0 unspecified atom stereocenters. The number of hydrogen-bond donors (Lipinski definition) is 1. The molecule has 1 saturated heterocycles. The summed E-state index contributed by atoms with van der Waals surface area (Å²) < 4.78 is 11.4. The van der Waals surface area contributed by atoms with E-state index in [4.69, 9.17) is 55.9 Å². The second-order valence-electron chi connectivity index (χ2n) is 9.93. The van der Waals surface area contributed by atoms with Crippen molar-refractivity contribution in [2.45, 2.75) is 38.4 Å². The Labute approximate surface area is 258 Å². The first-order valence-electron chi connectivity index (χ1n) is 13.2. The van der Waals surface area contributed by atoms with Gasteiger partial charge in [0.05, 0.1) is 38.5 Å². The number of aryl methyl sites for hydroxylation is 1. The molecule has 216 valence electrons. The molecule has 0 radical (unpaired) electrons. The minimum Gasteiger partial charge on any atom is -0.487 e. The number of carbonyl (C=O) groups is 2. The van der Waals surface area contributed by atoms with Crippen LogP contribution in [0.15, 0.2) is 48.7 Å². The zero-order valence-corrected chi connectivity index (χ0v) is 25.2. The number of hydrogen-bond acceptors (Lipinski definition) is 6. The first-order chi connectivity index (χ1) is 19.7. The molecule has 1 atom stereocenters. The van der Waals surface area contributed by atoms with Gasteiger partial charge in [-0.15, -0.1) is 0 Å². The zero-order chi connectivity index (χ0) is 29.1. The molecule has 5 rings (SSSR count). The van der Waals surface area contributed by atoms with Crippen LogP contribution >= 0.6 is 46.4 Å². The summed E-state index contributed by atoms with van der Waals surface area (Å²) in [5.41, 5.74) is 2.21. The van der Waals surface area contributed by atoms with Crippen LogP contribution in [-0.2, 0) is 16.1 Å². The molecule has 1 aromatic heterocycles. The number of carbonyl (C=O) groups excluding carboxylic acids is 2. The van der Waals surface area contributed by atoms with Gasteiger partial charge in [0.1, 0.15) is 19.3 Å².